The highest BCUT2D eigenvalue weighted by Gasteiger charge is 2.46. The predicted molar refractivity (Wildman–Crippen MR) is 134 cm³/mol. The molecule has 2 aromatic heterocycles. The predicted octanol–water partition coefficient (Wildman–Crippen LogP) is 4.03. The van der Waals surface area contributed by atoms with E-state index in [1.54, 1.807) is 0 Å². The van der Waals surface area contributed by atoms with E-state index < -0.39 is 37.6 Å². The fourth-order valence-corrected chi connectivity index (χ4v) is 4.84. The highest BCUT2D eigenvalue weighted by Crippen LogP contribution is 2.41. The lowest BCUT2D eigenvalue weighted by Crippen LogP contribution is -2.51. The number of ether oxygens (including phenoxy) is 1. The maximum atomic E-state index is 15.4. The molecule has 0 bridgehead atoms. The summed E-state index contributed by atoms with van der Waals surface area (Å²) in [7, 11) is -4.91. The molecule has 0 aliphatic rings. The summed E-state index contributed by atoms with van der Waals surface area (Å²) in [4.78, 5) is 26.9. The van der Waals surface area contributed by atoms with Gasteiger partial charge in [-0.05, 0) is 12.5 Å². The number of phosphoric acid groups is 1. The number of halogens is 2. The average Bonchev–Trinajstić information content (AvgIpc) is 3.56. The van der Waals surface area contributed by atoms with E-state index in [4.69, 9.17) is 9.26 Å². The van der Waals surface area contributed by atoms with Crippen LogP contribution in [-0.2, 0) is 32.3 Å². The lowest BCUT2D eigenvalue weighted by atomic mass is 9.74. The summed E-state index contributed by atoms with van der Waals surface area (Å²) in [6, 6.07) is 3.16. The van der Waals surface area contributed by atoms with Crippen molar-refractivity contribution in [3.8, 4) is 0 Å². The summed E-state index contributed by atoms with van der Waals surface area (Å²) < 4.78 is 55.1. The number of rotatable bonds is 18. The van der Waals surface area contributed by atoms with Crippen LogP contribution in [0.5, 0.6) is 0 Å². The van der Waals surface area contributed by atoms with Crippen LogP contribution in [0, 0.1) is 11.6 Å². The minimum Gasteiger partial charge on any atom is -0.375 e. The number of nitrogens with zero attached hydrogens (tertiary/aromatic N) is 6. The van der Waals surface area contributed by atoms with Gasteiger partial charge < -0.3 is 14.5 Å². The van der Waals surface area contributed by atoms with E-state index >= 15 is 4.39 Å². The Bertz CT molecular complexity index is 1090. The molecule has 0 spiro atoms. The van der Waals surface area contributed by atoms with Gasteiger partial charge in [0, 0.05) is 18.2 Å². The van der Waals surface area contributed by atoms with Crippen LogP contribution in [0.3, 0.4) is 0 Å². The molecule has 1 unspecified atom stereocenters. The molecule has 3 aromatic rings. The molecule has 0 saturated carbocycles. The van der Waals surface area contributed by atoms with Gasteiger partial charge in [-0.15, -0.1) is 0 Å². The normalized spacial score (nSPS) is 13.2. The number of phosphoric ester groups is 1. The van der Waals surface area contributed by atoms with Crippen LogP contribution in [0.4, 0.5) is 8.78 Å². The monoisotopic (exact) mass is 556 g/mol. The molecule has 1 atom stereocenters. The number of unbranched alkanes of at least 4 members (excludes halogenated alkanes) is 6. The van der Waals surface area contributed by atoms with Gasteiger partial charge in [0.2, 0.25) is 0 Å². The second-order valence-electron chi connectivity index (χ2n) is 9.23. The zero-order chi connectivity index (χ0) is 27.4. The maximum absolute atomic E-state index is 15.4. The summed E-state index contributed by atoms with van der Waals surface area (Å²) in [6.45, 7) is 1.75. The smallest absolute Gasteiger partial charge is 0.375 e. The van der Waals surface area contributed by atoms with Crippen molar-refractivity contribution in [2.24, 2.45) is 0 Å². The van der Waals surface area contributed by atoms with E-state index in [0.29, 0.717) is 6.42 Å². The van der Waals surface area contributed by atoms with Gasteiger partial charge in [0.1, 0.15) is 36.9 Å². The Balaban J connectivity index is 1.97. The molecular weight excluding hydrogens is 521 g/mol. The third-order valence-corrected chi connectivity index (χ3v) is 6.85. The van der Waals surface area contributed by atoms with E-state index in [0.717, 1.165) is 37.8 Å². The Labute approximate surface area is 220 Å². The van der Waals surface area contributed by atoms with Crippen LogP contribution in [-0.4, -0.2) is 58.6 Å². The fraction of sp³-hybridized carbons (Fsp3) is 0.583. The van der Waals surface area contributed by atoms with Crippen molar-refractivity contribution in [2.45, 2.75) is 76.5 Å². The first-order valence-electron chi connectivity index (χ1n) is 12.7. The Morgan fingerprint density at radius 1 is 0.974 bits per heavy atom. The molecule has 1 aromatic carbocycles. The average molecular weight is 557 g/mol. The number of hydrogen-bond acceptors (Lipinski definition) is 7. The first-order chi connectivity index (χ1) is 18.2. The summed E-state index contributed by atoms with van der Waals surface area (Å²) >= 11 is 0. The zero-order valence-electron chi connectivity index (χ0n) is 21.4. The van der Waals surface area contributed by atoms with Crippen LogP contribution in [0.2, 0.25) is 0 Å². The molecule has 0 radical (unpaired) electrons. The maximum Gasteiger partial charge on any atom is 0.469 e. The SMILES string of the molecule is CCCCCCCCCOC(COP(=O)(O)O)C(Cn1cncn1)(Cn1cncn1)c1ccc(F)cc1F. The third-order valence-electron chi connectivity index (χ3n) is 6.37. The van der Waals surface area contributed by atoms with E-state index in [2.05, 4.69) is 27.1 Å². The van der Waals surface area contributed by atoms with Crippen LogP contribution in [0.1, 0.15) is 57.4 Å². The topological polar surface area (TPSA) is 137 Å². The van der Waals surface area contributed by atoms with Crippen molar-refractivity contribution in [3.63, 3.8) is 0 Å². The second kappa shape index (κ2) is 14.5. The highest BCUT2D eigenvalue weighted by molar-refractivity contribution is 7.46. The summed E-state index contributed by atoms with van der Waals surface area (Å²) in [5, 5.41) is 8.31. The van der Waals surface area contributed by atoms with E-state index in [1.165, 1.54) is 53.6 Å². The Morgan fingerprint density at radius 2 is 1.58 bits per heavy atom. The van der Waals surface area contributed by atoms with Gasteiger partial charge in [-0.25, -0.2) is 23.3 Å². The van der Waals surface area contributed by atoms with Crippen molar-refractivity contribution >= 4 is 7.82 Å². The molecular formula is C24H35F2N6O5P. The Morgan fingerprint density at radius 3 is 2.11 bits per heavy atom. The lowest BCUT2D eigenvalue weighted by molar-refractivity contribution is -0.0527. The fourth-order valence-electron chi connectivity index (χ4n) is 4.51. The van der Waals surface area contributed by atoms with Crippen LogP contribution in [0.25, 0.3) is 0 Å². The largest absolute Gasteiger partial charge is 0.469 e. The van der Waals surface area contributed by atoms with Gasteiger partial charge in [-0.1, -0.05) is 51.5 Å². The van der Waals surface area contributed by atoms with Gasteiger partial charge in [0.25, 0.3) is 0 Å². The first-order valence-corrected chi connectivity index (χ1v) is 14.2. The standard InChI is InChI=1S/C24H35F2N6O5P/c1-2-3-4-5-6-7-8-11-36-23(13-37-38(33,34)35)24(14-31-18-27-16-29-31,15-32-19-28-17-30-32)21-10-9-20(25)12-22(21)26/h9-10,12,16-19,23H,2-8,11,13-15H2,1H3,(H2,33,34,35). The second-order valence-corrected chi connectivity index (χ2v) is 10.5. The van der Waals surface area contributed by atoms with Gasteiger partial charge in [-0.3, -0.25) is 13.9 Å². The van der Waals surface area contributed by atoms with Crippen LogP contribution >= 0.6 is 7.82 Å². The highest BCUT2D eigenvalue weighted by atomic mass is 31.2. The van der Waals surface area contributed by atoms with Crippen molar-refractivity contribution in [1.82, 2.24) is 29.5 Å². The van der Waals surface area contributed by atoms with E-state index in [-0.39, 0.29) is 25.3 Å². The van der Waals surface area contributed by atoms with Crippen molar-refractivity contribution in [1.29, 1.82) is 0 Å². The summed E-state index contributed by atoms with van der Waals surface area (Å²) in [5.74, 6) is -1.63. The van der Waals surface area contributed by atoms with Crippen molar-refractivity contribution in [3.05, 3.63) is 60.7 Å². The van der Waals surface area contributed by atoms with E-state index in [1.807, 2.05) is 0 Å². The minimum atomic E-state index is -4.91. The van der Waals surface area contributed by atoms with Crippen molar-refractivity contribution in [2.75, 3.05) is 13.2 Å². The molecule has 14 heteroatoms. The molecule has 0 amide bonds. The molecule has 2 N–H and O–H groups in total. The minimum absolute atomic E-state index is 0.0401. The Hall–Kier alpha value is -2.57. The van der Waals surface area contributed by atoms with E-state index in [9.17, 15) is 18.7 Å². The number of aromatic nitrogens is 6. The molecule has 0 fully saturated rings. The molecule has 210 valence electrons. The summed E-state index contributed by atoms with van der Waals surface area (Å²) in [6.07, 6.45) is 11.6. The number of benzene rings is 1. The molecule has 11 nitrogen and oxygen atoms in total. The molecule has 3 rings (SSSR count). The van der Waals surface area contributed by atoms with Gasteiger partial charge in [-0.2, -0.15) is 10.2 Å². The third kappa shape index (κ3) is 9.02. The zero-order valence-corrected chi connectivity index (χ0v) is 22.3. The van der Waals surface area contributed by atoms with Gasteiger partial charge in [0.15, 0.2) is 0 Å². The molecule has 38 heavy (non-hydrogen) atoms. The molecule has 0 saturated heterocycles. The molecule has 2 heterocycles. The van der Waals surface area contributed by atoms with Gasteiger partial charge in [0.05, 0.1) is 31.2 Å². The number of hydrogen-bond donors (Lipinski definition) is 2. The van der Waals surface area contributed by atoms with Crippen molar-refractivity contribution < 1.29 is 32.4 Å². The first kappa shape index (κ1) is 30.0. The molecule has 0 aliphatic heterocycles. The quantitative estimate of drug-likeness (QED) is 0.176. The van der Waals surface area contributed by atoms with Crippen LogP contribution < -0.4 is 0 Å². The summed E-state index contributed by atoms with van der Waals surface area (Å²) in [5.41, 5.74) is -1.36. The van der Waals surface area contributed by atoms with Gasteiger partial charge >= 0.3 is 7.82 Å². The van der Waals surface area contributed by atoms with Crippen LogP contribution in [0.15, 0.2) is 43.5 Å². The lowest BCUT2D eigenvalue weighted by Gasteiger charge is -2.40. The Kier molecular flexibility index (Phi) is 11.5. The molecule has 0 aliphatic carbocycles.